The van der Waals surface area contributed by atoms with Crippen molar-refractivity contribution in [3.8, 4) is 0 Å². The molecule has 2 rings (SSSR count). The number of alkyl halides is 1. The highest BCUT2D eigenvalue weighted by Gasteiger charge is 2.24. The van der Waals surface area contributed by atoms with E-state index in [1.165, 1.54) is 0 Å². The summed E-state index contributed by atoms with van der Waals surface area (Å²) in [6.07, 6.45) is 0. The van der Waals surface area contributed by atoms with Gasteiger partial charge in [-0.1, -0.05) is 0 Å². The Labute approximate surface area is 115 Å². The van der Waals surface area contributed by atoms with E-state index < -0.39 is 30.2 Å². The van der Waals surface area contributed by atoms with Crippen LogP contribution in [0.15, 0.2) is 12.1 Å². The van der Waals surface area contributed by atoms with E-state index in [0.29, 0.717) is 26.2 Å². The highest BCUT2D eigenvalue weighted by atomic mass is 35.5. The Hall–Kier alpha value is -0.850. The van der Waals surface area contributed by atoms with Crippen LogP contribution in [0, 0.1) is 17.5 Å². The highest BCUT2D eigenvalue weighted by molar-refractivity contribution is 5.85. The van der Waals surface area contributed by atoms with Crippen LogP contribution >= 0.6 is 12.4 Å². The summed E-state index contributed by atoms with van der Waals surface area (Å²) in [5.74, 6) is -4.08. The Morgan fingerprint density at radius 2 is 1.63 bits per heavy atom. The molecule has 1 aliphatic heterocycles. The van der Waals surface area contributed by atoms with Crippen LogP contribution in [0.5, 0.6) is 0 Å². The van der Waals surface area contributed by atoms with E-state index in [0.717, 1.165) is 12.1 Å². The maximum Gasteiger partial charge on any atom is 0.194 e. The second-order valence-electron chi connectivity index (χ2n) is 4.25. The summed E-state index contributed by atoms with van der Waals surface area (Å²) in [5.41, 5.74) is 0.135. The molecule has 1 fully saturated rings. The molecule has 1 atom stereocenters. The summed E-state index contributed by atoms with van der Waals surface area (Å²) >= 11 is 0. The number of nitrogens with one attached hydrogen (secondary N) is 1. The van der Waals surface area contributed by atoms with Gasteiger partial charge in [-0.25, -0.2) is 17.6 Å². The van der Waals surface area contributed by atoms with E-state index in [9.17, 15) is 17.6 Å². The van der Waals surface area contributed by atoms with Gasteiger partial charge in [-0.3, -0.25) is 4.90 Å². The molecule has 0 unspecified atom stereocenters. The second kappa shape index (κ2) is 7.07. The molecule has 1 aromatic carbocycles. The molecular weight excluding hydrogens is 284 g/mol. The highest BCUT2D eigenvalue weighted by Crippen LogP contribution is 2.25. The van der Waals surface area contributed by atoms with Gasteiger partial charge in [0.15, 0.2) is 17.5 Å². The minimum absolute atomic E-state index is 0. The fourth-order valence-corrected chi connectivity index (χ4v) is 2.16. The number of halogens is 5. The Balaban J connectivity index is 0.00000180. The molecule has 0 aliphatic carbocycles. The minimum atomic E-state index is -1.52. The molecule has 0 amide bonds. The number of nitrogens with zero attached hydrogens (tertiary/aromatic N) is 1. The largest absolute Gasteiger partial charge is 0.314 e. The summed E-state index contributed by atoms with van der Waals surface area (Å²) in [4.78, 5) is 1.79. The van der Waals surface area contributed by atoms with Gasteiger partial charge >= 0.3 is 0 Å². The standard InChI is InChI=1S/C12H14F4N2.ClH/c13-7-11(18-3-1-17-2-4-18)8-5-9(14)12(16)10(15)6-8;/h5-6,11,17H,1-4,7H2;1H/t11-;/m0./s1. The van der Waals surface area contributed by atoms with Crippen LogP contribution in [0.4, 0.5) is 17.6 Å². The smallest absolute Gasteiger partial charge is 0.194 e. The number of benzene rings is 1. The molecule has 2 nitrogen and oxygen atoms in total. The predicted octanol–water partition coefficient (Wildman–Crippen LogP) is 2.44. The molecule has 19 heavy (non-hydrogen) atoms. The van der Waals surface area contributed by atoms with Crippen molar-refractivity contribution < 1.29 is 17.6 Å². The number of piperazine rings is 1. The molecule has 0 bridgehead atoms. The second-order valence-corrected chi connectivity index (χ2v) is 4.25. The first-order valence-electron chi connectivity index (χ1n) is 5.78. The summed E-state index contributed by atoms with van der Waals surface area (Å²) in [5, 5.41) is 3.10. The van der Waals surface area contributed by atoms with Crippen molar-refractivity contribution in [1.82, 2.24) is 10.2 Å². The molecule has 0 aromatic heterocycles. The van der Waals surface area contributed by atoms with E-state index in [1.807, 2.05) is 0 Å². The number of rotatable bonds is 3. The third-order valence-corrected chi connectivity index (χ3v) is 3.13. The lowest BCUT2D eigenvalue weighted by atomic mass is 10.0. The fraction of sp³-hybridized carbons (Fsp3) is 0.500. The maximum absolute atomic E-state index is 13.1. The van der Waals surface area contributed by atoms with Gasteiger partial charge in [0.05, 0.1) is 6.04 Å². The van der Waals surface area contributed by atoms with Crippen molar-refractivity contribution >= 4 is 12.4 Å². The maximum atomic E-state index is 13.1. The molecule has 1 heterocycles. The van der Waals surface area contributed by atoms with Crippen LogP contribution in [-0.2, 0) is 0 Å². The van der Waals surface area contributed by atoms with Crippen LogP contribution in [0.2, 0.25) is 0 Å². The van der Waals surface area contributed by atoms with Gasteiger partial charge in [-0.05, 0) is 17.7 Å². The van der Waals surface area contributed by atoms with E-state index in [4.69, 9.17) is 0 Å². The molecule has 0 radical (unpaired) electrons. The summed E-state index contributed by atoms with van der Waals surface area (Å²) in [6, 6.07) is 1.01. The van der Waals surface area contributed by atoms with Crippen molar-refractivity contribution in [3.05, 3.63) is 35.1 Å². The number of hydrogen-bond acceptors (Lipinski definition) is 2. The fourth-order valence-electron chi connectivity index (χ4n) is 2.16. The van der Waals surface area contributed by atoms with Gasteiger partial charge in [-0.15, -0.1) is 12.4 Å². The molecule has 1 saturated heterocycles. The third kappa shape index (κ3) is 3.58. The first-order chi connectivity index (χ1) is 8.63. The van der Waals surface area contributed by atoms with Gasteiger partial charge in [0.2, 0.25) is 0 Å². The first kappa shape index (κ1) is 16.2. The Morgan fingerprint density at radius 1 is 1.11 bits per heavy atom. The molecule has 1 aliphatic rings. The zero-order valence-electron chi connectivity index (χ0n) is 10.1. The molecule has 1 aromatic rings. The van der Waals surface area contributed by atoms with Crippen molar-refractivity contribution in [1.29, 1.82) is 0 Å². The first-order valence-corrected chi connectivity index (χ1v) is 5.78. The van der Waals surface area contributed by atoms with E-state index >= 15 is 0 Å². The molecule has 0 spiro atoms. The van der Waals surface area contributed by atoms with Gasteiger partial charge in [-0.2, -0.15) is 0 Å². The van der Waals surface area contributed by atoms with Gasteiger partial charge in [0.1, 0.15) is 6.67 Å². The normalized spacial score (nSPS) is 17.9. The molecular formula is C12H15ClF4N2. The van der Waals surface area contributed by atoms with Crippen LogP contribution < -0.4 is 5.32 Å². The molecule has 0 saturated carbocycles. The van der Waals surface area contributed by atoms with Crippen LogP contribution in [0.25, 0.3) is 0 Å². The lowest BCUT2D eigenvalue weighted by Crippen LogP contribution is -2.45. The number of hydrogen-bond donors (Lipinski definition) is 1. The van der Waals surface area contributed by atoms with Crippen molar-refractivity contribution in [2.45, 2.75) is 6.04 Å². The van der Waals surface area contributed by atoms with Crippen molar-refractivity contribution in [2.75, 3.05) is 32.9 Å². The zero-order valence-corrected chi connectivity index (χ0v) is 11.0. The summed E-state index contributed by atoms with van der Waals surface area (Å²) in [7, 11) is 0. The monoisotopic (exact) mass is 298 g/mol. The molecule has 7 heteroatoms. The SMILES string of the molecule is Cl.FC[C@@H](c1cc(F)c(F)c(F)c1)N1CCNCC1. The van der Waals surface area contributed by atoms with Crippen molar-refractivity contribution in [3.63, 3.8) is 0 Å². The predicted molar refractivity (Wildman–Crippen MR) is 66.7 cm³/mol. The van der Waals surface area contributed by atoms with E-state index in [-0.39, 0.29) is 18.0 Å². The topological polar surface area (TPSA) is 15.3 Å². The Morgan fingerprint density at radius 3 is 2.11 bits per heavy atom. The average Bonchev–Trinajstić information content (AvgIpc) is 2.38. The Kier molecular flexibility index (Phi) is 6.03. The average molecular weight is 299 g/mol. The summed E-state index contributed by atoms with van der Waals surface area (Å²) < 4.78 is 52.2. The van der Waals surface area contributed by atoms with Crippen molar-refractivity contribution in [2.24, 2.45) is 0 Å². The van der Waals surface area contributed by atoms with Crippen LogP contribution in [0.1, 0.15) is 11.6 Å². The van der Waals surface area contributed by atoms with Crippen LogP contribution in [-0.4, -0.2) is 37.8 Å². The summed E-state index contributed by atoms with van der Waals surface area (Å²) in [6.45, 7) is 1.82. The minimum Gasteiger partial charge on any atom is -0.314 e. The lowest BCUT2D eigenvalue weighted by Gasteiger charge is -2.33. The van der Waals surface area contributed by atoms with Gasteiger partial charge < -0.3 is 5.32 Å². The lowest BCUT2D eigenvalue weighted by molar-refractivity contribution is 0.147. The van der Waals surface area contributed by atoms with E-state index in [1.54, 1.807) is 4.90 Å². The quantitative estimate of drug-likeness (QED) is 0.681. The van der Waals surface area contributed by atoms with Crippen LogP contribution in [0.3, 0.4) is 0 Å². The zero-order chi connectivity index (χ0) is 13.1. The van der Waals surface area contributed by atoms with Gasteiger partial charge in [0.25, 0.3) is 0 Å². The Bertz CT molecular complexity index is 401. The van der Waals surface area contributed by atoms with E-state index in [2.05, 4.69) is 5.32 Å². The molecule has 1 N–H and O–H groups in total. The van der Waals surface area contributed by atoms with Gasteiger partial charge in [0, 0.05) is 26.2 Å². The third-order valence-electron chi connectivity index (χ3n) is 3.13. The molecule has 108 valence electrons.